The molecule has 1 fully saturated rings. The highest BCUT2D eigenvalue weighted by molar-refractivity contribution is 5.94. The van der Waals surface area contributed by atoms with E-state index in [9.17, 15) is 4.79 Å². The van der Waals surface area contributed by atoms with Crippen molar-refractivity contribution in [1.82, 2.24) is 10.3 Å². The molecule has 1 saturated carbocycles. The minimum atomic E-state index is 0.000460. The highest BCUT2D eigenvalue weighted by atomic mass is 16.1. The van der Waals surface area contributed by atoms with Gasteiger partial charge in [0, 0.05) is 18.8 Å². The SMILES string of the molecule is CCNc1ccc(C(=O)NC2CCC(CC)CC2)cn1. The maximum atomic E-state index is 12.2. The summed E-state index contributed by atoms with van der Waals surface area (Å²) < 4.78 is 0. The quantitative estimate of drug-likeness (QED) is 0.867. The summed E-state index contributed by atoms with van der Waals surface area (Å²) in [4.78, 5) is 16.4. The molecule has 0 saturated heterocycles. The molecule has 2 rings (SSSR count). The van der Waals surface area contributed by atoms with Gasteiger partial charge < -0.3 is 10.6 Å². The molecule has 110 valence electrons. The number of nitrogens with one attached hydrogen (secondary N) is 2. The first-order valence-electron chi connectivity index (χ1n) is 7.73. The lowest BCUT2D eigenvalue weighted by atomic mass is 9.84. The van der Waals surface area contributed by atoms with Gasteiger partial charge in [-0.2, -0.15) is 0 Å². The van der Waals surface area contributed by atoms with E-state index >= 15 is 0 Å². The van der Waals surface area contributed by atoms with Crippen LogP contribution in [0.25, 0.3) is 0 Å². The van der Waals surface area contributed by atoms with Crippen LogP contribution in [0.2, 0.25) is 0 Å². The van der Waals surface area contributed by atoms with E-state index < -0.39 is 0 Å². The minimum absolute atomic E-state index is 0.000460. The zero-order chi connectivity index (χ0) is 14.4. The molecule has 0 aromatic carbocycles. The fourth-order valence-corrected chi connectivity index (χ4v) is 2.80. The van der Waals surface area contributed by atoms with Crippen LogP contribution < -0.4 is 10.6 Å². The number of amides is 1. The van der Waals surface area contributed by atoms with Gasteiger partial charge in [-0.3, -0.25) is 4.79 Å². The Balaban J connectivity index is 1.85. The van der Waals surface area contributed by atoms with Gasteiger partial charge in [-0.05, 0) is 50.7 Å². The summed E-state index contributed by atoms with van der Waals surface area (Å²) in [6, 6.07) is 4.02. The molecular weight excluding hydrogens is 250 g/mol. The third-order valence-electron chi connectivity index (χ3n) is 4.14. The third-order valence-corrected chi connectivity index (χ3v) is 4.14. The molecule has 0 unspecified atom stereocenters. The topological polar surface area (TPSA) is 54.0 Å². The van der Waals surface area contributed by atoms with Crippen LogP contribution >= 0.6 is 0 Å². The Morgan fingerprint density at radius 2 is 2.00 bits per heavy atom. The maximum absolute atomic E-state index is 12.2. The molecule has 1 heterocycles. The van der Waals surface area contributed by atoms with Crippen LogP contribution in [0.5, 0.6) is 0 Å². The highest BCUT2D eigenvalue weighted by Crippen LogP contribution is 2.26. The molecule has 0 radical (unpaired) electrons. The first-order chi connectivity index (χ1) is 9.72. The van der Waals surface area contributed by atoms with E-state index in [1.54, 1.807) is 6.20 Å². The van der Waals surface area contributed by atoms with E-state index in [4.69, 9.17) is 0 Å². The number of rotatable bonds is 5. The van der Waals surface area contributed by atoms with E-state index in [0.29, 0.717) is 11.6 Å². The second kappa shape index (κ2) is 7.27. The first-order valence-corrected chi connectivity index (χ1v) is 7.73. The second-order valence-electron chi connectivity index (χ2n) is 5.56. The fraction of sp³-hybridized carbons (Fsp3) is 0.625. The molecule has 1 amide bonds. The second-order valence-corrected chi connectivity index (χ2v) is 5.56. The molecule has 4 nitrogen and oxygen atoms in total. The molecule has 0 atom stereocenters. The van der Waals surface area contributed by atoms with Crippen molar-refractivity contribution in [2.24, 2.45) is 5.92 Å². The number of nitrogens with zero attached hydrogens (tertiary/aromatic N) is 1. The van der Waals surface area contributed by atoms with Gasteiger partial charge in [0.2, 0.25) is 0 Å². The molecule has 1 aliphatic rings. The summed E-state index contributed by atoms with van der Waals surface area (Å²) in [5.41, 5.74) is 0.643. The van der Waals surface area contributed by atoms with E-state index in [2.05, 4.69) is 22.5 Å². The first kappa shape index (κ1) is 14.8. The normalized spacial score (nSPS) is 22.3. The standard InChI is InChI=1S/C16H25N3O/c1-3-12-5-8-14(9-6-12)19-16(20)13-7-10-15(17-4-2)18-11-13/h7,10-12,14H,3-6,8-9H2,1-2H3,(H,17,18)(H,19,20). The van der Waals surface area contributed by atoms with Crippen molar-refractivity contribution in [3.05, 3.63) is 23.9 Å². The van der Waals surface area contributed by atoms with Crippen molar-refractivity contribution in [1.29, 1.82) is 0 Å². The number of hydrogen-bond donors (Lipinski definition) is 2. The number of hydrogen-bond acceptors (Lipinski definition) is 3. The van der Waals surface area contributed by atoms with E-state index in [1.807, 2.05) is 19.1 Å². The minimum Gasteiger partial charge on any atom is -0.370 e. The average Bonchev–Trinajstić information content (AvgIpc) is 2.49. The monoisotopic (exact) mass is 275 g/mol. The van der Waals surface area contributed by atoms with Crippen molar-refractivity contribution in [3.63, 3.8) is 0 Å². The van der Waals surface area contributed by atoms with Crippen molar-refractivity contribution < 1.29 is 4.79 Å². The third kappa shape index (κ3) is 3.95. The van der Waals surface area contributed by atoms with Gasteiger partial charge in [0.05, 0.1) is 5.56 Å². The molecule has 0 spiro atoms. The number of carbonyl (C=O) groups is 1. The van der Waals surface area contributed by atoms with Gasteiger partial charge in [-0.15, -0.1) is 0 Å². The maximum Gasteiger partial charge on any atom is 0.253 e. The molecule has 2 N–H and O–H groups in total. The summed E-state index contributed by atoms with van der Waals surface area (Å²) in [5, 5.41) is 6.26. The molecule has 0 aliphatic heterocycles. The van der Waals surface area contributed by atoms with Crippen molar-refractivity contribution in [2.45, 2.75) is 52.0 Å². The van der Waals surface area contributed by atoms with Gasteiger partial charge in [0.25, 0.3) is 5.91 Å². The number of aromatic nitrogens is 1. The Bertz CT molecular complexity index is 422. The predicted molar refractivity (Wildman–Crippen MR) is 81.9 cm³/mol. The Kier molecular flexibility index (Phi) is 5.39. The van der Waals surface area contributed by atoms with Gasteiger partial charge in [0.1, 0.15) is 5.82 Å². The van der Waals surface area contributed by atoms with Crippen LogP contribution in [0, 0.1) is 5.92 Å². The van der Waals surface area contributed by atoms with Crippen molar-refractivity contribution in [2.75, 3.05) is 11.9 Å². The van der Waals surface area contributed by atoms with Crippen LogP contribution in [0.1, 0.15) is 56.3 Å². The molecule has 1 aliphatic carbocycles. The molecule has 0 bridgehead atoms. The van der Waals surface area contributed by atoms with Gasteiger partial charge >= 0.3 is 0 Å². The Morgan fingerprint density at radius 3 is 2.55 bits per heavy atom. The summed E-state index contributed by atoms with van der Waals surface area (Å²) in [6.07, 6.45) is 7.58. The molecular formula is C16H25N3O. The summed E-state index contributed by atoms with van der Waals surface area (Å²) in [5.74, 6) is 1.66. The lowest BCUT2D eigenvalue weighted by molar-refractivity contribution is 0.0921. The Labute approximate surface area is 121 Å². The summed E-state index contributed by atoms with van der Waals surface area (Å²) in [6.45, 7) is 5.11. The molecule has 4 heteroatoms. The highest BCUT2D eigenvalue weighted by Gasteiger charge is 2.21. The number of pyridine rings is 1. The predicted octanol–water partition coefficient (Wildman–Crippen LogP) is 3.21. The van der Waals surface area contributed by atoms with Crippen LogP contribution in [-0.4, -0.2) is 23.5 Å². The van der Waals surface area contributed by atoms with Crippen LogP contribution in [0.3, 0.4) is 0 Å². The molecule has 20 heavy (non-hydrogen) atoms. The average molecular weight is 275 g/mol. The fourth-order valence-electron chi connectivity index (χ4n) is 2.80. The van der Waals surface area contributed by atoms with E-state index in [0.717, 1.165) is 31.1 Å². The zero-order valence-electron chi connectivity index (χ0n) is 12.5. The smallest absolute Gasteiger partial charge is 0.253 e. The number of anilines is 1. The van der Waals surface area contributed by atoms with E-state index in [1.165, 1.54) is 19.3 Å². The lowest BCUT2D eigenvalue weighted by Gasteiger charge is -2.28. The molecule has 1 aromatic heterocycles. The van der Waals surface area contributed by atoms with Gasteiger partial charge in [-0.1, -0.05) is 13.3 Å². The number of carbonyl (C=O) groups excluding carboxylic acids is 1. The van der Waals surface area contributed by atoms with Crippen LogP contribution in [-0.2, 0) is 0 Å². The van der Waals surface area contributed by atoms with Crippen molar-refractivity contribution in [3.8, 4) is 0 Å². The lowest BCUT2D eigenvalue weighted by Crippen LogP contribution is -2.37. The largest absolute Gasteiger partial charge is 0.370 e. The van der Waals surface area contributed by atoms with Gasteiger partial charge in [0.15, 0.2) is 0 Å². The molecule has 1 aromatic rings. The Hall–Kier alpha value is -1.58. The summed E-state index contributed by atoms with van der Waals surface area (Å²) >= 11 is 0. The van der Waals surface area contributed by atoms with E-state index in [-0.39, 0.29) is 5.91 Å². The van der Waals surface area contributed by atoms with Crippen molar-refractivity contribution >= 4 is 11.7 Å². The van der Waals surface area contributed by atoms with Crippen LogP contribution in [0.15, 0.2) is 18.3 Å². The summed E-state index contributed by atoms with van der Waals surface area (Å²) in [7, 11) is 0. The van der Waals surface area contributed by atoms with Crippen LogP contribution in [0.4, 0.5) is 5.82 Å². The van der Waals surface area contributed by atoms with Gasteiger partial charge in [-0.25, -0.2) is 4.98 Å². The Morgan fingerprint density at radius 1 is 1.25 bits per heavy atom. The zero-order valence-corrected chi connectivity index (χ0v) is 12.5.